The number of aliphatic hydroxyl groups is 3. The topological polar surface area (TPSA) is 79.2 Å². The van der Waals surface area contributed by atoms with Gasteiger partial charge in [0.15, 0.2) is 0 Å². The van der Waals surface area contributed by atoms with E-state index >= 15 is 0 Å². The highest BCUT2D eigenvalue weighted by Crippen LogP contribution is 2.19. The van der Waals surface area contributed by atoms with Gasteiger partial charge in [0.25, 0.3) is 0 Å². The first kappa shape index (κ1) is 23.6. The SMILES string of the molecule is CCCCCCC/C=C/CCCCCCO[C@H](CO)[C@@H]1OC[C@H](O)[C@@H]1O. The van der Waals surface area contributed by atoms with Crippen molar-refractivity contribution in [2.75, 3.05) is 19.8 Å². The molecule has 0 aliphatic carbocycles. The molecule has 1 saturated heterocycles. The molecule has 1 aliphatic rings. The van der Waals surface area contributed by atoms with Crippen molar-refractivity contribution in [3.05, 3.63) is 12.2 Å². The van der Waals surface area contributed by atoms with Gasteiger partial charge in [0.05, 0.1) is 13.2 Å². The van der Waals surface area contributed by atoms with Crippen LogP contribution in [0.4, 0.5) is 0 Å². The fourth-order valence-corrected chi connectivity index (χ4v) is 3.26. The predicted molar refractivity (Wildman–Crippen MR) is 104 cm³/mol. The van der Waals surface area contributed by atoms with Crippen molar-refractivity contribution in [2.24, 2.45) is 0 Å². The van der Waals surface area contributed by atoms with E-state index in [1.807, 2.05) is 0 Å². The molecule has 5 nitrogen and oxygen atoms in total. The molecule has 4 atom stereocenters. The first-order chi connectivity index (χ1) is 12.7. The highest BCUT2D eigenvalue weighted by molar-refractivity contribution is 4.88. The number of aliphatic hydroxyl groups excluding tert-OH is 3. The molecule has 0 aromatic rings. The zero-order valence-electron chi connectivity index (χ0n) is 16.5. The average Bonchev–Trinajstić information content (AvgIpc) is 2.98. The molecule has 0 saturated carbocycles. The minimum absolute atomic E-state index is 0.0952. The van der Waals surface area contributed by atoms with E-state index < -0.39 is 24.4 Å². The fraction of sp³-hybridized carbons (Fsp3) is 0.905. The second-order valence-electron chi connectivity index (χ2n) is 7.32. The molecule has 26 heavy (non-hydrogen) atoms. The number of hydrogen-bond donors (Lipinski definition) is 3. The van der Waals surface area contributed by atoms with Crippen LogP contribution in [-0.4, -0.2) is 59.6 Å². The van der Waals surface area contributed by atoms with Crippen molar-refractivity contribution in [3.8, 4) is 0 Å². The summed E-state index contributed by atoms with van der Waals surface area (Å²) in [5.41, 5.74) is 0. The second kappa shape index (κ2) is 15.6. The van der Waals surface area contributed by atoms with Crippen molar-refractivity contribution in [2.45, 2.75) is 102 Å². The summed E-state index contributed by atoms with van der Waals surface area (Å²) in [6.07, 6.45) is 15.0. The zero-order valence-corrected chi connectivity index (χ0v) is 16.5. The standard InChI is InChI=1S/C21H40O5/c1-2-3-4-5-6-7-8-9-10-11-12-13-14-15-25-19(16-22)21-20(24)18(23)17-26-21/h8-9,18-24H,2-7,10-17H2,1H3/b9-8+/t18-,19+,20-,21-/m0/s1. The summed E-state index contributed by atoms with van der Waals surface area (Å²) in [4.78, 5) is 0. The summed E-state index contributed by atoms with van der Waals surface area (Å²) in [6.45, 7) is 2.67. The second-order valence-corrected chi connectivity index (χ2v) is 7.32. The van der Waals surface area contributed by atoms with Gasteiger partial charge >= 0.3 is 0 Å². The van der Waals surface area contributed by atoms with Gasteiger partial charge in [-0.1, -0.05) is 57.6 Å². The first-order valence-corrected chi connectivity index (χ1v) is 10.6. The molecule has 3 N–H and O–H groups in total. The highest BCUT2D eigenvalue weighted by Gasteiger charge is 2.40. The summed E-state index contributed by atoms with van der Waals surface area (Å²) in [5, 5.41) is 28.7. The van der Waals surface area contributed by atoms with Crippen molar-refractivity contribution in [1.82, 2.24) is 0 Å². The normalized spacial score (nSPS) is 24.5. The van der Waals surface area contributed by atoms with Crippen LogP contribution in [-0.2, 0) is 9.47 Å². The lowest BCUT2D eigenvalue weighted by molar-refractivity contribution is -0.101. The Morgan fingerprint density at radius 3 is 2.12 bits per heavy atom. The van der Waals surface area contributed by atoms with Gasteiger partial charge in [-0.15, -0.1) is 0 Å². The van der Waals surface area contributed by atoms with Crippen LogP contribution in [0.3, 0.4) is 0 Å². The third kappa shape index (κ3) is 10.0. The van der Waals surface area contributed by atoms with E-state index in [0.29, 0.717) is 6.61 Å². The van der Waals surface area contributed by atoms with E-state index in [9.17, 15) is 15.3 Å². The molecule has 1 rings (SSSR count). The molecule has 0 radical (unpaired) electrons. The number of unbranched alkanes of at least 4 members (excludes halogenated alkanes) is 9. The molecule has 1 heterocycles. The Morgan fingerprint density at radius 2 is 1.58 bits per heavy atom. The summed E-state index contributed by atoms with van der Waals surface area (Å²) in [5.74, 6) is 0. The monoisotopic (exact) mass is 372 g/mol. The predicted octanol–water partition coefficient (Wildman–Crippen LogP) is 3.35. The Labute approximate surface area is 159 Å². The van der Waals surface area contributed by atoms with Gasteiger partial charge < -0.3 is 24.8 Å². The van der Waals surface area contributed by atoms with E-state index in [1.54, 1.807) is 0 Å². The quantitative estimate of drug-likeness (QED) is 0.286. The van der Waals surface area contributed by atoms with E-state index in [2.05, 4.69) is 19.1 Å². The highest BCUT2D eigenvalue weighted by atomic mass is 16.6. The van der Waals surface area contributed by atoms with Gasteiger partial charge in [0.1, 0.15) is 24.4 Å². The van der Waals surface area contributed by atoms with Crippen molar-refractivity contribution >= 4 is 0 Å². The van der Waals surface area contributed by atoms with Crippen LogP contribution >= 0.6 is 0 Å². The summed E-state index contributed by atoms with van der Waals surface area (Å²) < 4.78 is 10.9. The Morgan fingerprint density at radius 1 is 0.962 bits per heavy atom. The maximum absolute atomic E-state index is 9.80. The molecule has 5 heteroatoms. The summed E-state index contributed by atoms with van der Waals surface area (Å²) in [6, 6.07) is 0. The van der Waals surface area contributed by atoms with E-state index in [0.717, 1.165) is 19.3 Å². The number of rotatable bonds is 16. The third-order valence-corrected chi connectivity index (χ3v) is 4.97. The Hall–Kier alpha value is -0.460. The van der Waals surface area contributed by atoms with E-state index in [1.165, 1.54) is 51.4 Å². The van der Waals surface area contributed by atoms with E-state index in [-0.39, 0.29) is 13.2 Å². The first-order valence-electron chi connectivity index (χ1n) is 10.6. The minimum atomic E-state index is -0.981. The molecular formula is C21H40O5. The Bertz CT molecular complexity index is 347. The number of allylic oxidation sites excluding steroid dienone is 2. The largest absolute Gasteiger partial charge is 0.394 e. The number of hydrogen-bond acceptors (Lipinski definition) is 5. The van der Waals surface area contributed by atoms with Gasteiger partial charge in [-0.2, -0.15) is 0 Å². The van der Waals surface area contributed by atoms with Crippen LogP contribution in [0.25, 0.3) is 0 Å². The fourth-order valence-electron chi connectivity index (χ4n) is 3.26. The molecule has 0 amide bonds. The van der Waals surface area contributed by atoms with Crippen LogP contribution in [0, 0.1) is 0 Å². The Kier molecular flexibility index (Phi) is 14.1. The molecule has 154 valence electrons. The minimum Gasteiger partial charge on any atom is -0.394 e. The third-order valence-electron chi connectivity index (χ3n) is 4.97. The van der Waals surface area contributed by atoms with Gasteiger partial charge in [-0.05, 0) is 32.1 Å². The van der Waals surface area contributed by atoms with Crippen LogP contribution in [0.15, 0.2) is 12.2 Å². The van der Waals surface area contributed by atoms with Gasteiger partial charge in [-0.25, -0.2) is 0 Å². The van der Waals surface area contributed by atoms with Crippen molar-refractivity contribution in [1.29, 1.82) is 0 Å². The number of ether oxygens (including phenoxy) is 2. The lowest BCUT2D eigenvalue weighted by Crippen LogP contribution is -2.42. The lowest BCUT2D eigenvalue weighted by atomic mass is 10.1. The molecule has 0 aromatic heterocycles. The molecular weight excluding hydrogens is 332 g/mol. The molecule has 0 bridgehead atoms. The van der Waals surface area contributed by atoms with Crippen molar-refractivity contribution in [3.63, 3.8) is 0 Å². The maximum Gasteiger partial charge on any atom is 0.114 e. The zero-order chi connectivity index (χ0) is 19.0. The summed E-state index contributed by atoms with van der Waals surface area (Å²) in [7, 11) is 0. The molecule has 0 spiro atoms. The van der Waals surface area contributed by atoms with Crippen molar-refractivity contribution < 1.29 is 24.8 Å². The smallest absolute Gasteiger partial charge is 0.114 e. The lowest BCUT2D eigenvalue weighted by Gasteiger charge is -2.24. The molecule has 0 aromatic carbocycles. The van der Waals surface area contributed by atoms with Gasteiger partial charge in [-0.3, -0.25) is 0 Å². The van der Waals surface area contributed by atoms with Gasteiger partial charge in [0.2, 0.25) is 0 Å². The van der Waals surface area contributed by atoms with Crippen LogP contribution in [0.2, 0.25) is 0 Å². The van der Waals surface area contributed by atoms with Crippen LogP contribution in [0.5, 0.6) is 0 Å². The maximum atomic E-state index is 9.80. The summed E-state index contributed by atoms with van der Waals surface area (Å²) >= 11 is 0. The molecule has 1 fully saturated rings. The molecule has 0 unspecified atom stereocenters. The Balaban J connectivity index is 1.92. The van der Waals surface area contributed by atoms with Crippen LogP contribution in [0.1, 0.15) is 77.6 Å². The molecule has 1 aliphatic heterocycles. The van der Waals surface area contributed by atoms with Gasteiger partial charge in [0, 0.05) is 6.61 Å². The average molecular weight is 373 g/mol. The van der Waals surface area contributed by atoms with Crippen LogP contribution < -0.4 is 0 Å². The van der Waals surface area contributed by atoms with E-state index in [4.69, 9.17) is 9.47 Å².